The van der Waals surface area contributed by atoms with Crippen molar-refractivity contribution >= 4 is 17.6 Å². The number of ether oxygens (including phenoxy) is 1. The number of aryl methyl sites for hydroxylation is 2. The van der Waals surface area contributed by atoms with E-state index in [1.54, 1.807) is 13.8 Å². The summed E-state index contributed by atoms with van der Waals surface area (Å²) in [5.41, 5.74) is 2.19. The van der Waals surface area contributed by atoms with E-state index in [2.05, 4.69) is 10.1 Å². The first-order chi connectivity index (χ1) is 8.95. The Bertz CT molecular complexity index is 520. The number of amides is 1. The van der Waals surface area contributed by atoms with Gasteiger partial charge in [0.1, 0.15) is 5.41 Å². The number of anilines is 1. The maximum absolute atomic E-state index is 12.1. The lowest BCUT2D eigenvalue weighted by Gasteiger charge is -2.20. The molecule has 0 fully saturated rings. The lowest BCUT2D eigenvalue weighted by molar-refractivity contribution is -0.154. The van der Waals surface area contributed by atoms with E-state index in [0.717, 1.165) is 18.5 Å². The van der Waals surface area contributed by atoms with Gasteiger partial charge in [0, 0.05) is 5.69 Å². The maximum atomic E-state index is 12.1. The van der Waals surface area contributed by atoms with Gasteiger partial charge in [-0.2, -0.15) is 0 Å². The first-order valence-electron chi connectivity index (χ1n) is 6.47. The van der Waals surface area contributed by atoms with Crippen molar-refractivity contribution in [2.75, 3.05) is 12.4 Å². The summed E-state index contributed by atoms with van der Waals surface area (Å²) >= 11 is 0. The van der Waals surface area contributed by atoms with Gasteiger partial charge in [-0.15, -0.1) is 0 Å². The van der Waals surface area contributed by atoms with Crippen LogP contribution in [-0.4, -0.2) is 19.0 Å². The highest BCUT2D eigenvalue weighted by Gasteiger charge is 2.37. The number of methoxy groups -OCH3 is 1. The fourth-order valence-corrected chi connectivity index (χ4v) is 2.28. The summed E-state index contributed by atoms with van der Waals surface area (Å²) in [5, 5.41) is 2.79. The molecule has 0 radical (unpaired) electrons. The van der Waals surface area contributed by atoms with Crippen molar-refractivity contribution in [2.24, 2.45) is 5.41 Å². The van der Waals surface area contributed by atoms with Crippen LogP contribution in [0.2, 0.25) is 0 Å². The Kier molecular flexibility index (Phi) is 3.60. The molecule has 1 aliphatic carbocycles. The average Bonchev–Trinajstić information content (AvgIpc) is 2.84. The van der Waals surface area contributed by atoms with Crippen LogP contribution in [0.25, 0.3) is 0 Å². The van der Waals surface area contributed by atoms with Gasteiger partial charge in [0.15, 0.2) is 0 Å². The van der Waals surface area contributed by atoms with Gasteiger partial charge in [-0.25, -0.2) is 0 Å². The van der Waals surface area contributed by atoms with Crippen molar-refractivity contribution in [3.8, 4) is 0 Å². The van der Waals surface area contributed by atoms with Crippen molar-refractivity contribution in [1.82, 2.24) is 0 Å². The fourth-order valence-electron chi connectivity index (χ4n) is 2.28. The van der Waals surface area contributed by atoms with Gasteiger partial charge in [0.25, 0.3) is 0 Å². The third kappa shape index (κ3) is 2.62. The van der Waals surface area contributed by atoms with Crippen LogP contribution < -0.4 is 5.32 Å². The second kappa shape index (κ2) is 5.03. The molecule has 0 bridgehead atoms. The summed E-state index contributed by atoms with van der Waals surface area (Å²) < 4.78 is 4.65. The summed E-state index contributed by atoms with van der Waals surface area (Å²) in [6.45, 7) is 3.11. The predicted octanol–water partition coefficient (Wildman–Crippen LogP) is 2.31. The Morgan fingerprint density at radius 2 is 1.89 bits per heavy atom. The van der Waals surface area contributed by atoms with Gasteiger partial charge in [-0.05, 0) is 56.4 Å². The molecule has 0 heterocycles. The Morgan fingerprint density at radius 1 is 1.21 bits per heavy atom. The van der Waals surface area contributed by atoms with Gasteiger partial charge in [0.05, 0.1) is 7.11 Å². The molecule has 102 valence electrons. The smallest absolute Gasteiger partial charge is 0.320 e. The molecule has 0 aliphatic heterocycles. The number of carbonyl (C=O) groups excluding carboxylic acids is 2. The molecule has 0 atom stereocenters. The summed E-state index contributed by atoms with van der Waals surface area (Å²) in [7, 11) is 1.28. The van der Waals surface area contributed by atoms with Crippen molar-refractivity contribution in [3.63, 3.8) is 0 Å². The second-order valence-electron chi connectivity index (χ2n) is 5.41. The van der Waals surface area contributed by atoms with Crippen LogP contribution in [0.3, 0.4) is 0 Å². The lowest BCUT2D eigenvalue weighted by Crippen LogP contribution is -2.38. The first kappa shape index (κ1) is 13.6. The van der Waals surface area contributed by atoms with Crippen LogP contribution in [0.4, 0.5) is 5.69 Å². The zero-order valence-corrected chi connectivity index (χ0v) is 11.6. The van der Waals surface area contributed by atoms with Crippen LogP contribution >= 0.6 is 0 Å². The van der Waals surface area contributed by atoms with Crippen molar-refractivity contribution < 1.29 is 14.3 Å². The summed E-state index contributed by atoms with van der Waals surface area (Å²) in [6, 6.07) is 5.92. The minimum Gasteiger partial charge on any atom is -0.468 e. The van der Waals surface area contributed by atoms with E-state index in [0.29, 0.717) is 0 Å². The molecule has 4 heteroatoms. The van der Waals surface area contributed by atoms with Crippen LogP contribution in [0.5, 0.6) is 0 Å². The van der Waals surface area contributed by atoms with Gasteiger partial charge >= 0.3 is 5.97 Å². The number of rotatable bonds is 3. The van der Waals surface area contributed by atoms with Crippen LogP contribution in [0.1, 0.15) is 31.4 Å². The fraction of sp³-hybridized carbons (Fsp3) is 0.467. The zero-order chi connectivity index (χ0) is 14.0. The maximum Gasteiger partial charge on any atom is 0.320 e. The van der Waals surface area contributed by atoms with Gasteiger partial charge in [0.2, 0.25) is 5.91 Å². The molecule has 4 nitrogen and oxygen atoms in total. The third-order valence-corrected chi connectivity index (χ3v) is 3.62. The Labute approximate surface area is 113 Å². The molecule has 0 saturated heterocycles. The molecule has 0 aromatic heterocycles. The second-order valence-corrected chi connectivity index (χ2v) is 5.41. The predicted molar refractivity (Wildman–Crippen MR) is 72.9 cm³/mol. The van der Waals surface area contributed by atoms with E-state index in [1.165, 1.54) is 24.7 Å². The molecule has 1 aliphatic rings. The van der Waals surface area contributed by atoms with Crippen LogP contribution in [0, 0.1) is 5.41 Å². The molecule has 0 unspecified atom stereocenters. The monoisotopic (exact) mass is 261 g/mol. The van der Waals surface area contributed by atoms with Crippen LogP contribution in [-0.2, 0) is 27.2 Å². The van der Waals surface area contributed by atoms with Gasteiger partial charge < -0.3 is 10.1 Å². The molecule has 2 rings (SSSR count). The number of nitrogens with one attached hydrogen (secondary N) is 1. The number of carbonyl (C=O) groups is 2. The van der Waals surface area contributed by atoms with Gasteiger partial charge in [-0.1, -0.05) is 6.07 Å². The summed E-state index contributed by atoms with van der Waals surface area (Å²) in [5.74, 6) is -0.886. The molecule has 1 amide bonds. The van der Waals surface area contributed by atoms with Crippen molar-refractivity contribution in [1.29, 1.82) is 0 Å². The highest BCUT2D eigenvalue weighted by molar-refractivity contribution is 6.08. The van der Waals surface area contributed by atoms with E-state index >= 15 is 0 Å². The summed E-state index contributed by atoms with van der Waals surface area (Å²) in [6.07, 6.45) is 3.33. The molecule has 1 aromatic rings. The van der Waals surface area contributed by atoms with E-state index in [1.807, 2.05) is 18.2 Å². The van der Waals surface area contributed by atoms with Crippen molar-refractivity contribution in [3.05, 3.63) is 29.3 Å². The quantitative estimate of drug-likeness (QED) is 0.671. The molecule has 1 N–H and O–H groups in total. The summed E-state index contributed by atoms with van der Waals surface area (Å²) in [4.78, 5) is 23.7. The number of hydrogen-bond acceptors (Lipinski definition) is 3. The van der Waals surface area contributed by atoms with E-state index in [9.17, 15) is 9.59 Å². The minimum absolute atomic E-state index is 0.350. The first-order valence-corrected chi connectivity index (χ1v) is 6.47. The van der Waals surface area contributed by atoms with Crippen molar-refractivity contribution in [2.45, 2.75) is 33.1 Å². The number of fused-ring (bicyclic) bond motifs is 1. The van der Waals surface area contributed by atoms with Gasteiger partial charge in [-0.3, -0.25) is 9.59 Å². The standard InChI is InChI=1S/C15H19NO3/c1-15(2,14(18)19-3)13(17)16-12-8-7-10-5-4-6-11(10)9-12/h7-9H,4-6H2,1-3H3,(H,16,17). The average molecular weight is 261 g/mol. The number of esters is 1. The number of hydrogen-bond donors (Lipinski definition) is 1. The number of benzene rings is 1. The third-order valence-electron chi connectivity index (χ3n) is 3.62. The Balaban J connectivity index is 2.13. The zero-order valence-electron chi connectivity index (χ0n) is 11.6. The molecule has 19 heavy (non-hydrogen) atoms. The largest absolute Gasteiger partial charge is 0.468 e. The highest BCUT2D eigenvalue weighted by atomic mass is 16.5. The molecular weight excluding hydrogens is 242 g/mol. The Hall–Kier alpha value is -1.84. The van der Waals surface area contributed by atoms with E-state index < -0.39 is 11.4 Å². The van der Waals surface area contributed by atoms with E-state index in [-0.39, 0.29) is 5.91 Å². The minimum atomic E-state index is -1.19. The van der Waals surface area contributed by atoms with Crippen LogP contribution in [0.15, 0.2) is 18.2 Å². The molecular formula is C15H19NO3. The SMILES string of the molecule is COC(=O)C(C)(C)C(=O)Nc1ccc2c(c1)CCC2. The topological polar surface area (TPSA) is 55.4 Å². The molecule has 0 saturated carbocycles. The normalized spacial score (nSPS) is 13.8. The van der Waals surface area contributed by atoms with E-state index in [4.69, 9.17) is 0 Å². The lowest BCUT2D eigenvalue weighted by atomic mass is 9.92. The molecule has 0 spiro atoms. The molecule has 1 aromatic carbocycles. The highest BCUT2D eigenvalue weighted by Crippen LogP contribution is 2.26. The Morgan fingerprint density at radius 3 is 2.58 bits per heavy atom.